The van der Waals surface area contributed by atoms with Crippen molar-refractivity contribution in [1.29, 1.82) is 0 Å². The fourth-order valence-corrected chi connectivity index (χ4v) is 2.09. The molecule has 7 nitrogen and oxygen atoms in total. The number of nitrogens with one attached hydrogen (secondary N) is 1. The number of primary amides is 1. The quantitative estimate of drug-likeness (QED) is 0.703. The van der Waals surface area contributed by atoms with E-state index in [-0.39, 0.29) is 19.6 Å². The Labute approximate surface area is 151 Å². The van der Waals surface area contributed by atoms with E-state index in [4.69, 9.17) is 15.2 Å². The summed E-state index contributed by atoms with van der Waals surface area (Å²) in [5, 5.41) is 2.28. The molecule has 136 valence electrons. The van der Waals surface area contributed by atoms with Gasteiger partial charge in [0, 0.05) is 0 Å². The second-order valence-corrected chi connectivity index (χ2v) is 5.51. The van der Waals surface area contributed by atoms with Gasteiger partial charge in [0.2, 0.25) is 5.91 Å². The Morgan fingerprint density at radius 1 is 0.846 bits per heavy atom. The monoisotopic (exact) mass is 356 g/mol. The highest BCUT2D eigenvalue weighted by Gasteiger charge is 2.23. The Kier molecular flexibility index (Phi) is 7.17. The first-order chi connectivity index (χ1) is 12.5. The third kappa shape index (κ3) is 6.64. The maximum absolute atomic E-state index is 11.9. The van der Waals surface area contributed by atoms with E-state index in [1.807, 2.05) is 36.4 Å². The molecule has 2 rings (SSSR count). The minimum Gasteiger partial charge on any atom is -0.461 e. The number of hydrogen-bond donors (Lipinski definition) is 2. The molecule has 26 heavy (non-hydrogen) atoms. The van der Waals surface area contributed by atoms with E-state index in [2.05, 4.69) is 5.32 Å². The molecule has 0 aliphatic heterocycles. The molecule has 0 unspecified atom stereocenters. The van der Waals surface area contributed by atoms with Crippen LogP contribution in [0.15, 0.2) is 60.7 Å². The Bertz CT molecular complexity index is 677. The molecule has 0 radical (unpaired) electrons. The normalized spacial score (nSPS) is 11.2. The molecular formula is C19H20N2O5. The maximum atomic E-state index is 11.9. The van der Waals surface area contributed by atoms with E-state index >= 15 is 0 Å². The number of amides is 2. The van der Waals surface area contributed by atoms with E-state index in [9.17, 15) is 14.4 Å². The van der Waals surface area contributed by atoms with Crippen molar-refractivity contribution in [3.63, 3.8) is 0 Å². The standard InChI is InChI=1S/C19H20N2O5/c20-18(23)16(11-17(22)25-12-14-7-3-1-4-8-14)21-19(24)26-13-15-9-5-2-6-10-15/h1-10,16H,11-13H2,(H2,20,23)(H,21,24)/t16-/m0/s1. The topological polar surface area (TPSA) is 108 Å². The van der Waals surface area contributed by atoms with Crippen LogP contribution >= 0.6 is 0 Å². The molecule has 0 aliphatic carbocycles. The van der Waals surface area contributed by atoms with Crippen LogP contribution in [0.4, 0.5) is 4.79 Å². The summed E-state index contributed by atoms with van der Waals surface area (Å²) in [7, 11) is 0. The molecule has 2 aromatic carbocycles. The van der Waals surface area contributed by atoms with Crippen LogP contribution in [0.25, 0.3) is 0 Å². The number of nitrogens with two attached hydrogens (primary N) is 1. The molecular weight excluding hydrogens is 336 g/mol. The number of carbonyl (C=O) groups excluding carboxylic acids is 3. The van der Waals surface area contributed by atoms with Crippen molar-refractivity contribution in [3.05, 3.63) is 71.8 Å². The van der Waals surface area contributed by atoms with Crippen LogP contribution in [0.1, 0.15) is 17.5 Å². The lowest BCUT2D eigenvalue weighted by molar-refractivity contribution is -0.146. The Morgan fingerprint density at radius 2 is 1.35 bits per heavy atom. The average molecular weight is 356 g/mol. The molecule has 2 aromatic rings. The van der Waals surface area contributed by atoms with Crippen molar-refractivity contribution < 1.29 is 23.9 Å². The van der Waals surface area contributed by atoms with E-state index < -0.39 is 24.0 Å². The Balaban J connectivity index is 1.78. The van der Waals surface area contributed by atoms with Crippen LogP contribution in [-0.4, -0.2) is 24.0 Å². The van der Waals surface area contributed by atoms with Gasteiger partial charge >= 0.3 is 12.1 Å². The molecule has 0 aliphatic rings. The third-order valence-corrected chi connectivity index (χ3v) is 3.46. The molecule has 7 heteroatoms. The predicted octanol–water partition coefficient (Wildman–Crippen LogP) is 1.90. The first-order valence-corrected chi connectivity index (χ1v) is 8.00. The summed E-state index contributed by atoms with van der Waals surface area (Å²) in [6.07, 6.45) is -1.21. The molecule has 0 spiro atoms. The zero-order valence-electron chi connectivity index (χ0n) is 14.1. The fourth-order valence-electron chi connectivity index (χ4n) is 2.09. The summed E-state index contributed by atoms with van der Waals surface area (Å²) in [5.41, 5.74) is 6.83. The van der Waals surface area contributed by atoms with E-state index in [0.717, 1.165) is 11.1 Å². The number of alkyl carbamates (subject to hydrolysis) is 1. The SMILES string of the molecule is NC(=O)[C@H](CC(=O)OCc1ccccc1)NC(=O)OCc1ccccc1. The fraction of sp³-hybridized carbons (Fsp3) is 0.211. The summed E-state index contributed by atoms with van der Waals surface area (Å²) < 4.78 is 10.1. The largest absolute Gasteiger partial charge is 0.461 e. The smallest absolute Gasteiger partial charge is 0.408 e. The lowest BCUT2D eigenvalue weighted by Gasteiger charge is -2.15. The number of hydrogen-bond acceptors (Lipinski definition) is 5. The molecule has 0 saturated heterocycles. The van der Waals surface area contributed by atoms with Crippen molar-refractivity contribution in [2.45, 2.75) is 25.7 Å². The van der Waals surface area contributed by atoms with Crippen LogP contribution in [0, 0.1) is 0 Å². The van der Waals surface area contributed by atoms with Gasteiger partial charge < -0.3 is 20.5 Å². The second-order valence-electron chi connectivity index (χ2n) is 5.51. The van der Waals surface area contributed by atoms with Gasteiger partial charge in [-0.2, -0.15) is 0 Å². The summed E-state index contributed by atoms with van der Waals surface area (Å²) in [6, 6.07) is 16.9. The molecule has 0 fully saturated rings. The first kappa shape index (κ1) is 19.0. The van der Waals surface area contributed by atoms with Crippen LogP contribution in [0.5, 0.6) is 0 Å². The summed E-state index contributed by atoms with van der Waals surface area (Å²) >= 11 is 0. The van der Waals surface area contributed by atoms with E-state index in [1.54, 1.807) is 24.3 Å². The highest BCUT2D eigenvalue weighted by molar-refractivity contribution is 5.88. The second kappa shape index (κ2) is 9.83. The van der Waals surface area contributed by atoms with Crippen molar-refractivity contribution in [1.82, 2.24) is 5.32 Å². The summed E-state index contributed by atoms with van der Waals surface area (Å²) in [5.74, 6) is -1.50. The lowest BCUT2D eigenvalue weighted by atomic mass is 10.2. The maximum Gasteiger partial charge on any atom is 0.408 e. The highest BCUT2D eigenvalue weighted by atomic mass is 16.5. The highest BCUT2D eigenvalue weighted by Crippen LogP contribution is 2.04. The summed E-state index contributed by atoms with van der Waals surface area (Å²) in [6.45, 7) is 0.111. The molecule has 0 heterocycles. The van der Waals surface area contributed by atoms with E-state index in [0.29, 0.717) is 0 Å². The third-order valence-electron chi connectivity index (χ3n) is 3.46. The zero-order valence-corrected chi connectivity index (χ0v) is 14.1. The zero-order chi connectivity index (χ0) is 18.8. The van der Waals surface area contributed by atoms with Crippen LogP contribution in [-0.2, 0) is 32.3 Å². The number of esters is 1. The molecule has 0 saturated carbocycles. The predicted molar refractivity (Wildman–Crippen MR) is 93.6 cm³/mol. The van der Waals surface area contributed by atoms with Crippen LogP contribution in [0.2, 0.25) is 0 Å². The minimum absolute atomic E-state index is 0.0383. The summed E-state index contributed by atoms with van der Waals surface area (Å²) in [4.78, 5) is 35.1. The minimum atomic E-state index is -1.21. The number of rotatable bonds is 8. The first-order valence-electron chi connectivity index (χ1n) is 8.00. The van der Waals surface area contributed by atoms with Gasteiger partial charge in [0.15, 0.2) is 0 Å². The van der Waals surface area contributed by atoms with Crippen molar-refractivity contribution in [2.75, 3.05) is 0 Å². The van der Waals surface area contributed by atoms with Crippen LogP contribution < -0.4 is 11.1 Å². The molecule has 2 amide bonds. The van der Waals surface area contributed by atoms with Gasteiger partial charge in [-0.25, -0.2) is 4.79 Å². The van der Waals surface area contributed by atoms with Gasteiger partial charge in [-0.3, -0.25) is 9.59 Å². The van der Waals surface area contributed by atoms with Gasteiger partial charge in [-0.1, -0.05) is 60.7 Å². The van der Waals surface area contributed by atoms with Crippen molar-refractivity contribution in [3.8, 4) is 0 Å². The van der Waals surface area contributed by atoms with Gasteiger partial charge in [0.1, 0.15) is 19.3 Å². The number of ether oxygens (including phenoxy) is 2. The number of benzene rings is 2. The molecule has 0 bridgehead atoms. The van der Waals surface area contributed by atoms with Gasteiger partial charge in [-0.15, -0.1) is 0 Å². The lowest BCUT2D eigenvalue weighted by Crippen LogP contribution is -2.46. The van der Waals surface area contributed by atoms with Crippen LogP contribution in [0.3, 0.4) is 0 Å². The Morgan fingerprint density at radius 3 is 1.85 bits per heavy atom. The average Bonchev–Trinajstić information content (AvgIpc) is 2.66. The molecule has 3 N–H and O–H groups in total. The Hall–Kier alpha value is -3.35. The van der Waals surface area contributed by atoms with Gasteiger partial charge in [-0.05, 0) is 11.1 Å². The van der Waals surface area contributed by atoms with Crippen molar-refractivity contribution in [2.24, 2.45) is 5.73 Å². The van der Waals surface area contributed by atoms with Crippen molar-refractivity contribution >= 4 is 18.0 Å². The van der Waals surface area contributed by atoms with Gasteiger partial charge in [0.25, 0.3) is 0 Å². The molecule has 0 aromatic heterocycles. The van der Waals surface area contributed by atoms with E-state index in [1.165, 1.54) is 0 Å². The number of carbonyl (C=O) groups is 3. The molecule has 1 atom stereocenters. The van der Waals surface area contributed by atoms with Gasteiger partial charge in [0.05, 0.1) is 6.42 Å².